The minimum absolute atomic E-state index is 0.898. The Balaban J connectivity index is 0.795. The average molecular weight is 1090 g/mol. The zero-order valence-electron chi connectivity index (χ0n) is 46.9. The van der Waals surface area contributed by atoms with Gasteiger partial charge in [-0.3, -0.25) is 0 Å². The molecule has 23 rings (SSSR count). The molecule has 0 saturated carbocycles. The van der Waals surface area contributed by atoms with Gasteiger partial charge in [0.25, 0.3) is 0 Å². The molecule has 9 heterocycles. The van der Waals surface area contributed by atoms with Gasteiger partial charge in [0.2, 0.25) is 0 Å². The molecular weight excluding hydrogens is 1040 g/mol. The lowest BCUT2D eigenvalue weighted by Crippen LogP contribution is -1.91. The lowest BCUT2D eigenvalue weighted by molar-refractivity contribution is 1.36. The van der Waals surface area contributed by atoms with E-state index >= 15 is 0 Å². The maximum atomic E-state index is 5.30. The van der Waals surface area contributed by atoms with Crippen molar-refractivity contribution in [2.75, 3.05) is 0 Å². The fraction of sp³-hybridized carbons (Fsp3) is 0. The van der Waals surface area contributed by atoms with Crippen LogP contribution in [0.3, 0.4) is 0 Å². The van der Waals surface area contributed by atoms with Crippen LogP contribution in [-0.2, 0) is 0 Å². The van der Waals surface area contributed by atoms with Crippen LogP contribution < -0.4 is 0 Å². The molecule has 0 N–H and O–H groups in total. The predicted octanol–water partition coefficient (Wildman–Crippen LogP) is 22.9. The van der Waals surface area contributed by atoms with E-state index in [0.717, 1.165) is 88.8 Å². The first-order valence-corrected chi connectivity index (χ1v) is 29.6. The molecule has 2 heteroatoms. The van der Waals surface area contributed by atoms with Crippen molar-refractivity contribution in [3.63, 3.8) is 0 Å². The third kappa shape index (κ3) is 8.74. The molecule has 0 spiro atoms. The Hall–Kier alpha value is -11.3. The van der Waals surface area contributed by atoms with Crippen molar-refractivity contribution in [3.8, 4) is 123 Å². The molecule has 0 atom stereocenters. The summed E-state index contributed by atoms with van der Waals surface area (Å²) in [5.74, 6) is 0. The van der Waals surface area contributed by atoms with Crippen LogP contribution in [0, 0.1) is 0 Å². The molecule has 2 nitrogen and oxygen atoms in total. The summed E-state index contributed by atoms with van der Waals surface area (Å²) in [5, 5.41) is 9.75. The molecule has 86 heavy (non-hydrogen) atoms. The van der Waals surface area contributed by atoms with Crippen molar-refractivity contribution in [3.05, 3.63) is 315 Å². The summed E-state index contributed by atoms with van der Waals surface area (Å²) in [7, 11) is 0. The van der Waals surface area contributed by atoms with Crippen molar-refractivity contribution < 1.29 is 0 Å². The summed E-state index contributed by atoms with van der Waals surface area (Å²) in [5.41, 5.74) is 26.8. The number of hydrogen-bond donors (Lipinski definition) is 0. The van der Waals surface area contributed by atoms with E-state index in [2.05, 4.69) is 315 Å². The van der Waals surface area contributed by atoms with Gasteiger partial charge < -0.3 is 0 Å². The van der Waals surface area contributed by atoms with Gasteiger partial charge in [-0.15, -0.1) is 0 Å². The highest BCUT2D eigenvalue weighted by molar-refractivity contribution is 6.25. The standard InChI is InChI=1S/C84H52N2/c1-2-19-77-75(17-1)76-18-3-4-20-78(76)80-52-71(39-42-79(77)80)74-50-72-49-73(51-74)70-16-8-14-68(48-70)56-27-23-54(24-28-56)64-10-6-12-66(46-64)58-31-35-60(36-32-58)82-44-41-62-38-37-61-40-43-81(85-83(61)84(62)86-82)59-33-29-57(30-34-59)65-11-5-9-63(45-65)53-21-25-55(26-22-53)67-13-7-15-69(72)47-67/h1-52H. The molecule has 7 aliphatic rings. The number of nitrogens with zero attached hydrogens (tertiary/aromatic N) is 2. The zero-order chi connectivity index (χ0) is 56.7. The molecule has 7 aliphatic heterocycles. The summed E-state index contributed by atoms with van der Waals surface area (Å²) >= 11 is 0. The van der Waals surface area contributed by atoms with Gasteiger partial charge in [0.15, 0.2) is 0 Å². The monoisotopic (exact) mass is 1090 g/mol. The van der Waals surface area contributed by atoms with E-state index in [0.29, 0.717) is 0 Å². The SMILES string of the molecule is c1cc2cc(c1)-c1ccc(cc1)-c1ccc3ccc4ccc(nc4c3n1)-c1ccc(cc1)-c1cccc(c1)-c1ccc(cc1)-c1cccc(c1)-c1cc(cc(-c3ccc4c5ccccc5c5ccccc5c4c3)c1)-c1cccc(c1)-c1ccc-2cc1. The zero-order valence-corrected chi connectivity index (χ0v) is 46.9. The summed E-state index contributed by atoms with van der Waals surface area (Å²) in [4.78, 5) is 10.6. The van der Waals surface area contributed by atoms with Gasteiger partial charge >= 0.3 is 0 Å². The molecule has 22 bridgehead atoms. The first kappa shape index (κ1) is 49.3. The fourth-order valence-corrected chi connectivity index (χ4v) is 13.2. The molecule has 0 aliphatic carbocycles. The first-order valence-electron chi connectivity index (χ1n) is 29.6. The third-order valence-electron chi connectivity index (χ3n) is 17.8. The molecule has 16 aromatic rings. The van der Waals surface area contributed by atoms with Crippen LogP contribution in [0.15, 0.2) is 315 Å². The van der Waals surface area contributed by atoms with Crippen LogP contribution in [0.1, 0.15) is 0 Å². The van der Waals surface area contributed by atoms with Gasteiger partial charge in [0.1, 0.15) is 0 Å². The van der Waals surface area contributed by atoms with E-state index in [9.17, 15) is 0 Å². The number of rotatable bonds is 1. The Labute approximate surface area is 499 Å². The van der Waals surface area contributed by atoms with Crippen LogP contribution >= 0.6 is 0 Å². The van der Waals surface area contributed by atoms with E-state index in [-0.39, 0.29) is 0 Å². The van der Waals surface area contributed by atoms with Crippen LogP contribution in [-0.4, -0.2) is 9.97 Å². The maximum absolute atomic E-state index is 5.30. The predicted molar refractivity (Wildman–Crippen MR) is 363 cm³/mol. The van der Waals surface area contributed by atoms with Crippen molar-refractivity contribution >= 4 is 54.1 Å². The Morgan fingerprint density at radius 1 is 0.140 bits per heavy atom. The minimum Gasteiger partial charge on any atom is -0.245 e. The molecule has 0 saturated heterocycles. The number of pyridine rings is 2. The van der Waals surface area contributed by atoms with Gasteiger partial charge in [-0.05, 0) is 193 Å². The second-order valence-electron chi connectivity index (χ2n) is 22.9. The quantitative estimate of drug-likeness (QED) is 0.153. The molecular formula is C84H52N2. The van der Waals surface area contributed by atoms with E-state index in [1.807, 2.05) is 0 Å². The minimum atomic E-state index is 0.898. The lowest BCUT2D eigenvalue weighted by Gasteiger charge is -2.15. The molecule has 0 radical (unpaired) electrons. The second-order valence-corrected chi connectivity index (χ2v) is 22.9. The normalized spacial score (nSPS) is 11.7. The number of benzene rings is 14. The summed E-state index contributed by atoms with van der Waals surface area (Å²) < 4.78 is 0. The average Bonchev–Trinajstić information content (AvgIpc) is 1.37. The smallest absolute Gasteiger partial charge is 0.0972 e. The van der Waals surface area contributed by atoms with E-state index in [4.69, 9.17) is 9.97 Å². The highest BCUT2D eigenvalue weighted by atomic mass is 14.8. The molecule has 398 valence electrons. The van der Waals surface area contributed by atoms with Crippen molar-refractivity contribution in [1.82, 2.24) is 9.97 Å². The highest BCUT2D eigenvalue weighted by Gasteiger charge is 2.16. The fourth-order valence-electron chi connectivity index (χ4n) is 13.2. The number of hydrogen-bond acceptors (Lipinski definition) is 2. The Bertz CT molecular complexity index is 5080. The third-order valence-corrected chi connectivity index (χ3v) is 17.8. The van der Waals surface area contributed by atoms with Crippen molar-refractivity contribution in [1.29, 1.82) is 0 Å². The molecule has 0 fully saturated rings. The molecule has 0 unspecified atom stereocenters. The van der Waals surface area contributed by atoms with Gasteiger partial charge in [0.05, 0.1) is 22.4 Å². The summed E-state index contributed by atoms with van der Waals surface area (Å²) in [6.07, 6.45) is 0. The number of fused-ring (bicyclic) bond motifs is 6. The maximum Gasteiger partial charge on any atom is 0.0972 e. The van der Waals surface area contributed by atoms with Crippen molar-refractivity contribution in [2.45, 2.75) is 0 Å². The summed E-state index contributed by atoms with van der Waals surface area (Å²) in [6.45, 7) is 0. The van der Waals surface area contributed by atoms with Crippen molar-refractivity contribution in [2.24, 2.45) is 0 Å². The van der Waals surface area contributed by atoms with Gasteiger partial charge in [-0.25, -0.2) is 9.97 Å². The molecule has 14 aromatic carbocycles. The van der Waals surface area contributed by atoms with E-state index < -0.39 is 0 Å². The van der Waals surface area contributed by atoms with E-state index in [1.54, 1.807) is 0 Å². The van der Waals surface area contributed by atoms with Crippen LogP contribution in [0.4, 0.5) is 0 Å². The van der Waals surface area contributed by atoms with Crippen LogP contribution in [0.5, 0.6) is 0 Å². The Morgan fingerprint density at radius 2 is 0.372 bits per heavy atom. The van der Waals surface area contributed by atoms with Gasteiger partial charge in [-0.1, -0.05) is 255 Å². The largest absolute Gasteiger partial charge is 0.245 e. The first-order chi connectivity index (χ1) is 42.5. The molecule has 0 amide bonds. The highest BCUT2D eigenvalue weighted by Crippen LogP contribution is 2.42. The van der Waals surface area contributed by atoms with E-state index in [1.165, 1.54) is 88.0 Å². The lowest BCUT2D eigenvalue weighted by atomic mass is 9.89. The Kier molecular flexibility index (Phi) is 11.6. The van der Waals surface area contributed by atoms with Gasteiger partial charge in [0, 0.05) is 21.9 Å². The second kappa shape index (κ2) is 20.2. The number of aromatic nitrogens is 2. The summed E-state index contributed by atoms with van der Waals surface area (Å²) in [6, 6.07) is 116. The Morgan fingerprint density at radius 3 is 0.698 bits per heavy atom. The van der Waals surface area contributed by atoms with Gasteiger partial charge in [-0.2, -0.15) is 0 Å². The molecule has 2 aromatic heterocycles. The van der Waals surface area contributed by atoms with Crippen LogP contribution in [0.2, 0.25) is 0 Å². The van der Waals surface area contributed by atoms with Crippen LogP contribution in [0.25, 0.3) is 177 Å². The topological polar surface area (TPSA) is 25.8 Å².